The van der Waals surface area contributed by atoms with Crippen molar-refractivity contribution in [3.63, 3.8) is 0 Å². The number of ether oxygens (including phenoxy) is 2. The highest BCUT2D eigenvalue weighted by molar-refractivity contribution is 5.79. The molecule has 302 valence electrons. The van der Waals surface area contributed by atoms with Crippen LogP contribution in [0.5, 0.6) is 11.5 Å². The minimum atomic E-state index is -0.0351. The third-order valence-electron chi connectivity index (χ3n) is 8.26. The van der Waals surface area contributed by atoms with Crippen molar-refractivity contribution in [1.82, 2.24) is 5.32 Å². The lowest BCUT2D eigenvalue weighted by Gasteiger charge is -2.12. The average molecular weight is 748 g/mol. The standard InChI is InChI=1S/C15H22O.C14H20O2.C8H12.C6H12O.C4H7NO2/c1-5-7-13(8-6-2)15-11-14(16-4)10-9-12(15)3;1-11(10-12(2)15)4-5-13-6-8-14(16-3)9-7-13;1-2-5-8-6-3-4-7-8;1-3-5-6(7)4-2;1-4(7)2-5-3-6/h7,9-11H,5-6,8H2,1-4H3;6-9,11H,4-5,10H2,1-3H3;3-4,6H,2,5,7H2,1H3;3-5H2,1-2H3;3H,2H2,1H3,(H,5,6)/b13-7-;;;;. The summed E-state index contributed by atoms with van der Waals surface area (Å²) in [7, 11) is 3.39. The van der Waals surface area contributed by atoms with Crippen molar-refractivity contribution in [3.05, 3.63) is 89.0 Å². The molecular weight excluding hydrogens is 675 g/mol. The number of carbonyl (C=O) groups excluding carboxylic acids is 4. The van der Waals surface area contributed by atoms with Crippen LogP contribution in [0.4, 0.5) is 0 Å². The van der Waals surface area contributed by atoms with Crippen LogP contribution >= 0.6 is 0 Å². The highest BCUT2D eigenvalue weighted by Crippen LogP contribution is 2.27. The number of hydrogen-bond donors (Lipinski definition) is 1. The van der Waals surface area contributed by atoms with E-state index in [0.29, 0.717) is 31.0 Å². The van der Waals surface area contributed by atoms with Crippen molar-refractivity contribution < 1.29 is 28.7 Å². The second kappa shape index (κ2) is 34.5. The molecule has 0 fully saturated rings. The molecule has 0 aromatic heterocycles. The van der Waals surface area contributed by atoms with Crippen LogP contribution in [0.15, 0.2) is 72.3 Å². The Labute approximate surface area is 329 Å². The van der Waals surface area contributed by atoms with Gasteiger partial charge in [-0.3, -0.25) is 14.4 Å². The van der Waals surface area contributed by atoms with Gasteiger partial charge in [0.25, 0.3) is 0 Å². The molecule has 0 aliphatic heterocycles. The minimum Gasteiger partial charge on any atom is -0.497 e. The van der Waals surface area contributed by atoms with Crippen LogP contribution in [0.25, 0.3) is 5.57 Å². The van der Waals surface area contributed by atoms with Crippen molar-refractivity contribution >= 4 is 29.3 Å². The number of Topliss-reactive ketones (excluding diaryl/α,β-unsaturated/α-hetero) is 3. The predicted octanol–water partition coefficient (Wildman–Crippen LogP) is 11.6. The Balaban J connectivity index is 0. The fourth-order valence-corrected chi connectivity index (χ4v) is 5.37. The van der Waals surface area contributed by atoms with Crippen molar-refractivity contribution in [2.45, 2.75) is 139 Å². The van der Waals surface area contributed by atoms with Gasteiger partial charge in [0, 0.05) is 19.3 Å². The second-order valence-corrected chi connectivity index (χ2v) is 13.5. The summed E-state index contributed by atoms with van der Waals surface area (Å²) < 4.78 is 10.4. The third kappa shape index (κ3) is 28.3. The van der Waals surface area contributed by atoms with E-state index in [4.69, 9.17) is 9.47 Å². The zero-order valence-corrected chi connectivity index (χ0v) is 35.6. The molecule has 2 aromatic rings. The smallest absolute Gasteiger partial charge is 0.207 e. The van der Waals surface area contributed by atoms with E-state index in [0.717, 1.165) is 50.0 Å². The minimum absolute atomic E-state index is 0.0351. The molecule has 1 aliphatic carbocycles. The number of methoxy groups -OCH3 is 2. The number of carbonyl (C=O) groups is 4. The summed E-state index contributed by atoms with van der Waals surface area (Å²) in [5, 5.41) is 2.22. The van der Waals surface area contributed by atoms with Crippen LogP contribution < -0.4 is 14.8 Å². The molecule has 0 saturated carbocycles. The first kappa shape index (κ1) is 51.8. The SMILES string of the molecule is CC(=O)CNC=O.CC/C=C(/CCC)c1cc(OC)ccc1C.CCCC(=O)CC.CCCC1=CC=CC1.COc1ccc(CCC(C)CC(C)=O)cc1. The summed E-state index contributed by atoms with van der Waals surface area (Å²) in [6.45, 7) is 18.1. The lowest BCUT2D eigenvalue weighted by Crippen LogP contribution is -2.18. The molecule has 0 spiro atoms. The van der Waals surface area contributed by atoms with Gasteiger partial charge in [-0.15, -0.1) is 0 Å². The first-order valence-electron chi connectivity index (χ1n) is 19.8. The monoisotopic (exact) mass is 748 g/mol. The van der Waals surface area contributed by atoms with E-state index in [1.165, 1.54) is 54.9 Å². The Morgan fingerprint density at radius 1 is 0.833 bits per heavy atom. The normalized spacial score (nSPS) is 11.7. The van der Waals surface area contributed by atoms with Crippen LogP contribution in [0.3, 0.4) is 0 Å². The first-order valence-corrected chi connectivity index (χ1v) is 19.8. The molecule has 1 unspecified atom stereocenters. The molecule has 0 bridgehead atoms. The van der Waals surface area contributed by atoms with E-state index >= 15 is 0 Å². The van der Waals surface area contributed by atoms with Crippen molar-refractivity contribution in [2.75, 3.05) is 20.8 Å². The fraction of sp³-hybridized carbons (Fsp3) is 0.532. The first-order chi connectivity index (χ1) is 25.8. The Hall–Kier alpha value is -4.26. The van der Waals surface area contributed by atoms with E-state index in [2.05, 4.69) is 88.5 Å². The number of nitrogens with one attached hydrogen (secondary N) is 1. The number of amides is 1. The lowest BCUT2D eigenvalue weighted by atomic mass is 9.96. The van der Waals surface area contributed by atoms with Crippen LogP contribution in [-0.2, 0) is 25.6 Å². The van der Waals surface area contributed by atoms with E-state index in [1.54, 1.807) is 26.7 Å². The molecule has 7 heteroatoms. The Morgan fingerprint density at radius 3 is 1.89 bits per heavy atom. The van der Waals surface area contributed by atoms with Crippen LogP contribution in [0.1, 0.15) is 143 Å². The molecule has 0 radical (unpaired) electrons. The molecule has 1 N–H and O–H groups in total. The molecule has 0 saturated heterocycles. The molecule has 0 heterocycles. The van der Waals surface area contributed by atoms with Gasteiger partial charge in [-0.25, -0.2) is 0 Å². The van der Waals surface area contributed by atoms with Gasteiger partial charge in [0.1, 0.15) is 28.8 Å². The maximum atomic E-state index is 10.9. The third-order valence-corrected chi connectivity index (χ3v) is 8.26. The number of hydrogen-bond acceptors (Lipinski definition) is 6. The number of rotatable bonds is 19. The second-order valence-electron chi connectivity index (χ2n) is 13.5. The molecule has 1 aliphatic rings. The van der Waals surface area contributed by atoms with Gasteiger partial charge in [0.2, 0.25) is 6.41 Å². The van der Waals surface area contributed by atoms with Crippen LogP contribution in [0.2, 0.25) is 0 Å². The van der Waals surface area contributed by atoms with Gasteiger partial charge in [0.05, 0.1) is 20.8 Å². The van der Waals surface area contributed by atoms with Gasteiger partial charge >= 0.3 is 0 Å². The van der Waals surface area contributed by atoms with E-state index in [-0.39, 0.29) is 18.1 Å². The van der Waals surface area contributed by atoms with Crippen LogP contribution in [0, 0.1) is 12.8 Å². The fourth-order valence-electron chi connectivity index (χ4n) is 5.37. The quantitative estimate of drug-likeness (QED) is 0.144. The zero-order valence-electron chi connectivity index (χ0n) is 35.6. The van der Waals surface area contributed by atoms with Crippen molar-refractivity contribution in [3.8, 4) is 11.5 Å². The highest BCUT2D eigenvalue weighted by Gasteiger charge is 2.07. The predicted molar refractivity (Wildman–Crippen MR) is 228 cm³/mol. The zero-order chi connectivity index (χ0) is 41.1. The number of aryl methyl sites for hydroxylation is 2. The Kier molecular flexibility index (Phi) is 33.1. The summed E-state index contributed by atoms with van der Waals surface area (Å²) >= 11 is 0. The molecular formula is C47H73NO6. The van der Waals surface area contributed by atoms with E-state index < -0.39 is 0 Å². The van der Waals surface area contributed by atoms with Gasteiger partial charge < -0.3 is 19.6 Å². The average Bonchev–Trinajstić information content (AvgIpc) is 3.68. The molecule has 2 aromatic carbocycles. The van der Waals surface area contributed by atoms with Crippen molar-refractivity contribution in [1.29, 1.82) is 0 Å². The maximum absolute atomic E-state index is 10.9. The summed E-state index contributed by atoms with van der Waals surface area (Å²) in [6, 6.07) is 14.4. The number of allylic oxidation sites excluding steroid dienone is 6. The van der Waals surface area contributed by atoms with E-state index in [1.807, 2.05) is 32.0 Å². The molecule has 1 atom stereocenters. The van der Waals surface area contributed by atoms with Crippen LogP contribution in [-0.4, -0.2) is 44.5 Å². The summed E-state index contributed by atoms with van der Waals surface area (Å²) in [5.41, 5.74) is 7.00. The lowest BCUT2D eigenvalue weighted by molar-refractivity contribution is -0.119. The molecule has 1 amide bonds. The highest BCUT2D eigenvalue weighted by atomic mass is 16.5. The number of ketones is 3. The van der Waals surface area contributed by atoms with Crippen molar-refractivity contribution in [2.24, 2.45) is 5.92 Å². The summed E-state index contributed by atoms with van der Waals surface area (Å²) in [4.78, 5) is 40.8. The van der Waals surface area contributed by atoms with Gasteiger partial charge in [-0.1, -0.05) is 102 Å². The topological polar surface area (TPSA) is 98.8 Å². The molecule has 3 rings (SSSR count). The van der Waals surface area contributed by atoms with Gasteiger partial charge in [0.15, 0.2) is 0 Å². The molecule has 54 heavy (non-hydrogen) atoms. The van der Waals surface area contributed by atoms with Gasteiger partial charge in [-0.05, 0) is 118 Å². The summed E-state index contributed by atoms with van der Waals surface area (Å²) in [6.07, 6.45) is 21.8. The van der Waals surface area contributed by atoms with Gasteiger partial charge in [-0.2, -0.15) is 0 Å². The van der Waals surface area contributed by atoms with E-state index in [9.17, 15) is 19.2 Å². The molecule has 7 nitrogen and oxygen atoms in total. The summed E-state index contributed by atoms with van der Waals surface area (Å²) in [5.74, 6) is 2.93. The number of benzene rings is 2. The largest absolute Gasteiger partial charge is 0.497 e. The maximum Gasteiger partial charge on any atom is 0.207 e. The Morgan fingerprint density at radius 2 is 1.46 bits per heavy atom. The Bertz CT molecular complexity index is 1400.